The average Bonchev–Trinajstić information content (AvgIpc) is 2.17. The second-order valence-corrected chi connectivity index (χ2v) is 2.85. The lowest BCUT2D eigenvalue weighted by Gasteiger charge is -2.03. The van der Waals surface area contributed by atoms with E-state index >= 15 is 0 Å². The second-order valence-electron chi connectivity index (χ2n) is 2.85. The summed E-state index contributed by atoms with van der Waals surface area (Å²) >= 11 is 0. The van der Waals surface area contributed by atoms with Crippen LogP contribution in [0, 0.1) is 5.82 Å². The Balaban J connectivity index is 2.81. The minimum Gasteiger partial charge on any atom is -0.423 e. The van der Waals surface area contributed by atoms with Crippen molar-refractivity contribution in [1.29, 1.82) is 0 Å². The Labute approximate surface area is 86.2 Å². The van der Waals surface area contributed by atoms with Crippen molar-refractivity contribution in [2.45, 2.75) is 6.92 Å². The molecule has 0 atom stereocenters. The number of ether oxygens (including phenoxy) is 1. The molecule has 0 unspecified atom stereocenters. The molecule has 4 heteroatoms. The van der Waals surface area contributed by atoms with Crippen molar-refractivity contribution < 1.29 is 18.7 Å². The summed E-state index contributed by atoms with van der Waals surface area (Å²) in [6, 6.07) is 4.89. The van der Waals surface area contributed by atoms with Crippen LogP contribution in [0.25, 0.3) is 0 Å². The number of halogens is 1. The smallest absolute Gasteiger partial charge is 0.308 e. The van der Waals surface area contributed by atoms with Crippen LogP contribution in [-0.2, 0) is 9.53 Å². The fourth-order valence-corrected chi connectivity index (χ4v) is 0.982. The van der Waals surface area contributed by atoms with Gasteiger partial charge in [0.25, 0.3) is 0 Å². The van der Waals surface area contributed by atoms with Gasteiger partial charge in [-0.05, 0) is 24.3 Å². The monoisotopic (exact) mass is 208 g/mol. The van der Waals surface area contributed by atoms with E-state index in [1.165, 1.54) is 19.1 Å². The van der Waals surface area contributed by atoms with E-state index in [0.29, 0.717) is 0 Å². The molecule has 0 saturated heterocycles. The van der Waals surface area contributed by atoms with E-state index < -0.39 is 17.6 Å². The van der Waals surface area contributed by atoms with Crippen molar-refractivity contribution in [3.05, 3.63) is 48.0 Å². The molecule has 0 aromatic heterocycles. The summed E-state index contributed by atoms with van der Waals surface area (Å²) in [5.74, 6) is -1.86. The van der Waals surface area contributed by atoms with Crippen molar-refractivity contribution in [2.75, 3.05) is 0 Å². The molecular formula is C11H9FO3. The molecule has 0 aliphatic carbocycles. The summed E-state index contributed by atoms with van der Waals surface area (Å²) in [4.78, 5) is 22.0. The van der Waals surface area contributed by atoms with Crippen molar-refractivity contribution >= 4 is 11.8 Å². The van der Waals surface area contributed by atoms with Crippen LogP contribution < -0.4 is 0 Å². The highest BCUT2D eigenvalue weighted by molar-refractivity contribution is 6.07. The first-order chi connectivity index (χ1) is 7.00. The average molecular weight is 208 g/mol. The predicted molar refractivity (Wildman–Crippen MR) is 51.6 cm³/mol. The van der Waals surface area contributed by atoms with Gasteiger partial charge in [0.1, 0.15) is 5.82 Å². The highest BCUT2D eigenvalue weighted by Crippen LogP contribution is 2.09. The molecule has 1 aromatic carbocycles. The Morgan fingerprint density at radius 3 is 2.27 bits per heavy atom. The lowest BCUT2D eigenvalue weighted by Crippen LogP contribution is -2.08. The number of allylic oxidation sites excluding steroid dienone is 1. The predicted octanol–water partition coefficient (Wildman–Crippen LogP) is 2.09. The minimum absolute atomic E-state index is 0.225. The Morgan fingerprint density at radius 1 is 1.27 bits per heavy atom. The van der Waals surface area contributed by atoms with Crippen LogP contribution >= 0.6 is 0 Å². The summed E-state index contributed by atoms with van der Waals surface area (Å²) in [6.07, 6.45) is 0. The van der Waals surface area contributed by atoms with Crippen molar-refractivity contribution in [2.24, 2.45) is 0 Å². The zero-order valence-corrected chi connectivity index (χ0v) is 8.12. The lowest BCUT2D eigenvalue weighted by atomic mass is 10.1. The summed E-state index contributed by atoms with van der Waals surface area (Å²) < 4.78 is 17.1. The molecular weight excluding hydrogens is 199 g/mol. The van der Waals surface area contributed by atoms with Crippen molar-refractivity contribution in [3.63, 3.8) is 0 Å². The maximum absolute atomic E-state index is 12.5. The van der Waals surface area contributed by atoms with Crippen molar-refractivity contribution in [1.82, 2.24) is 0 Å². The molecule has 0 amide bonds. The van der Waals surface area contributed by atoms with Gasteiger partial charge in [0.05, 0.1) is 0 Å². The highest BCUT2D eigenvalue weighted by Gasteiger charge is 2.12. The van der Waals surface area contributed by atoms with Gasteiger partial charge < -0.3 is 4.74 Å². The fraction of sp³-hybridized carbons (Fsp3) is 0.0909. The van der Waals surface area contributed by atoms with Gasteiger partial charge in [-0.15, -0.1) is 0 Å². The van der Waals surface area contributed by atoms with Crippen molar-refractivity contribution in [3.8, 4) is 0 Å². The Hall–Kier alpha value is -1.97. The number of Topliss-reactive ketones (excluding diaryl/α,β-unsaturated/α-hetero) is 1. The third-order valence-electron chi connectivity index (χ3n) is 1.63. The van der Waals surface area contributed by atoms with Crippen LogP contribution in [0.2, 0.25) is 0 Å². The molecule has 0 bridgehead atoms. The van der Waals surface area contributed by atoms with Gasteiger partial charge in [-0.3, -0.25) is 9.59 Å². The molecule has 0 saturated carbocycles. The maximum atomic E-state index is 12.5. The molecule has 3 nitrogen and oxygen atoms in total. The summed E-state index contributed by atoms with van der Waals surface area (Å²) in [5.41, 5.74) is 0.225. The zero-order chi connectivity index (χ0) is 11.4. The van der Waals surface area contributed by atoms with Gasteiger partial charge >= 0.3 is 5.97 Å². The summed E-state index contributed by atoms with van der Waals surface area (Å²) in [7, 11) is 0. The topological polar surface area (TPSA) is 43.4 Å². The standard InChI is InChI=1S/C11H9FO3/c1-7(15-8(2)13)11(14)9-3-5-10(12)6-4-9/h3-6H,1H2,2H3. The van der Waals surface area contributed by atoms with E-state index in [2.05, 4.69) is 11.3 Å². The molecule has 1 aromatic rings. The van der Waals surface area contributed by atoms with Crippen LogP contribution in [0.15, 0.2) is 36.6 Å². The van der Waals surface area contributed by atoms with E-state index in [1.54, 1.807) is 0 Å². The Kier molecular flexibility index (Phi) is 3.33. The number of esters is 1. The van der Waals surface area contributed by atoms with Gasteiger partial charge in [-0.25, -0.2) is 4.39 Å². The van der Waals surface area contributed by atoms with E-state index in [-0.39, 0.29) is 11.3 Å². The van der Waals surface area contributed by atoms with Crippen LogP contribution in [0.5, 0.6) is 0 Å². The van der Waals surface area contributed by atoms with E-state index in [1.807, 2.05) is 0 Å². The minimum atomic E-state index is -0.615. The van der Waals surface area contributed by atoms with Gasteiger partial charge in [0, 0.05) is 12.5 Å². The van der Waals surface area contributed by atoms with Crippen LogP contribution in [-0.4, -0.2) is 11.8 Å². The van der Waals surface area contributed by atoms with Gasteiger partial charge in [0.15, 0.2) is 5.76 Å². The summed E-state index contributed by atoms with van der Waals surface area (Å²) in [6.45, 7) is 4.48. The first kappa shape index (κ1) is 11.1. The van der Waals surface area contributed by atoms with E-state index in [9.17, 15) is 14.0 Å². The third-order valence-corrected chi connectivity index (χ3v) is 1.63. The zero-order valence-electron chi connectivity index (χ0n) is 8.12. The number of carbonyl (C=O) groups is 2. The van der Waals surface area contributed by atoms with Gasteiger partial charge in [-0.1, -0.05) is 6.58 Å². The highest BCUT2D eigenvalue weighted by atomic mass is 19.1. The third kappa shape index (κ3) is 3.02. The van der Waals surface area contributed by atoms with Crippen LogP contribution in [0.3, 0.4) is 0 Å². The van der Waals surface area contributed by atoms with E-state index in [4.69, 9.17) is 0 Å². The van der Waals surface area contributed by atoms with Crippen LogP contribution in [0.4, 0.5) is 4.39 Å². The summed E-state index contributed by atoms with van der Waals surface area (Å²) in [5, 5.41) is 0. The number of carbonyl (C=O) groups excluding carboxylic acids is 2. The molecule has 1 rings (SSSR count). The number of rotatable bonds is 3. The number of hydrogen-bond donors (Lipinski definition) is 0. The molecule has 78 valence electrons. The molecule has 0 N–H and O–H groups in total. The van der Waals surface area contributed by atoms with Gasteiger partial charge in [-0.2, -0.15) is 0 Å². The van der Waals surface area contributed by atoms with Gasteiger partial charge in [0.2, 0.25) is 5.78 Å². The molecule has 0 aliphatic heterocycles. The molecule has 0 fully saturated rings. The Morgan fingerprint density at radius 2 is 1.80 bits per heavy atom. The number of benzene rings is 1. The molecule has 15 heavy (non-hydrogen) atoms. The maximum Gasteiger partial charge on any atom is 0.308 e. The lowest BCUT2D eigenvalue weighted by molar-refractivity contribution is -0.136. The first-order valence-corrected chi connectivity index (χ1v) is 4.18. The number of hydrogen-bond acceptors (Lipinski definition) is 3. The molecule has 0 heterocycles. The molecule has 0 aliphatic rings. The SMILES string of the molecule is C=C(OC(C)=O)C(=O)c1ccc(F)cc1. The second kappa shape index (κ2) is 4.50. The largest absolute Gasteiger partial charge is 0.423 e. The van der Waals surface area contributed by atoms with E-state index in [0.717, 1.165) is 12.1 Å². The number of ketones is 1. The molecule has 0 radical (unpaired) electrons. The normalized spacial score (nSPS) is 9.47. The molecule has 0 spiro atoms. The quantitative estimate of drug-likeness (QED) is 0.330. The Bertz CT molecular complexity index is 406. The fourth-order valence-electron chi connectivity index (χ4n) is 0.982. The first-order valence-electron chi connectivity index (χ1n) is 4.18. The van der Waals surface area contributed by atoms with Crippen LogP contribution in [0.1, 0.15) is 17.3 Å².